The van der Waals surface area contributed by atoms with Gasteiger partial charge in [-0.05, 0) is 112 Å². The fourth-order valence-corrected chi connectivity index (χ4v) is 8.99. The van der Waals surface area contributed by atoms with E-state index in [1.807, 2.05) is 0 Å². The number of epoxide rings is 1. The van der Waals surface area contributed by atoms with Crippen LogP contribution in [-0.4, -0.2) is 22.9 Å². The van der Waals surface area contributed by atoms with Gasteiger partial charge in [-0.2, -0.15) is 0 Å². The standard InChI is InChI=1S/C27H44O2/c1-17(2)6-11-24-27(5,29-24)23-10-9-21-20-8-7-18-16-19(28)12-14-25(18,3)22(20)13-15-26(21,23)4/h7,17,19-24,28H,6,8-16H2,1-5H3/t19-,20-,21-,22-,23?,24?,25-,26-,27+/m0/s1. The molecular formula is C27H44O2. The average Bonchev–Trinajstić information content (AvgIpc) is 3.17. The molecule has 29 heavy (non-hydrogen) atoms. The highest BCUT2D eigenvalue weighted by atomic mass is 16.6. The zero-order valence-corrected chi connectivity index (χ0v) is 19.5. The Kier molecular flexibility index (Phi) is 4.84. The molecule has 1 aliphatic heterocycles. The third-order valence-corrected chi connectivity index (χ3v) is 10.8. The summed E-state index contributed by atoms with van der Waals surface area (Å²) in [4.78, 5) is 0. The summed E-state index contributed by atoms with van der Waals surface area (Å²) in [6, 6.07) is 0. The van der Waals surface area contributed by atoms with Gasteiger partial charge in [-0.3, -0.25) is 0 Å². The summed E-state index contributed by atoms with van der Waals surface area (Å²) in [5, 5.41) is 10.2. The van der Waals surface area contributed by atoms with Gasteiger partial charge in [0, 0.05) is 0 Å². The first-order valence-corrected chi connectivity index (χ1v) is 12.7. The van der Waals surface area contributed by atoms with E-state index in [4.69, 9.17) is 4.74 Å². The highest BCUT2D eigenvalue weighted by Gasteiger charge is 2.67. The Morgan fingerprint density at radius 1 is 1.07 bits per heavy atom. The Hall–Kier alpha value is -0.340. The average molecular weight is 401 g/mol. The van der Waals surface area contributed by atoms with Gasteiger partial charge in [0.1, 0.15) is 0 Å². The highest BCUT2D eigenvalue weighted by Crippen LogP contribution is 2.70. The minimum Gasteiger partial charge on any atom is -0.393 e. The summed E-state index contributed by atoms with van der Waals surface area (Å²) in [5.74, 6) is 4.11. The molecule has 9 atom stereocenters. The molecule has 1 saturated heterocycles. The van der Waals surface area contributed by atoms with Crippen molar-refractivity contribution in [1.29, 1.82) is 0 Å². The van der Waals surface area contributed by atoms with E-state index in [0.717, 1.165) is 42.4 Å². The Bertz CT molecular complexity index is 682. The van der Waals surface area contributed by atoms with E-state index >= 15 is 0 Å². The van der Waals surface area contributed by atoms with Crippen molar-refractivity contribution in [3.05, 3.63) is 11.6 Å². The number of ether oxygens (including phenoxy) is 1. The molecule has 164 valence electrons. The molecule has 2 unspecified atom stereocenters. The van der Waals surface area contributed by atoms with Crippen molar-refractivity contribution in [2.24, 2.45) is 40.4 Å². The minimum absolute atomic E-state index is 0.0923. The van der Waals surface area contributed by atoms with E-state index in [2.05, 4.69) is 40.7 Å². The minimum atomic E-state index is -0.0923. The lowest BCUT2D eigenvalue weighted by Gasteiger charge is -2.58. The van der Waals surface area contributed by atoms with E-state index in [9.17, 15) is 5.11 Å². The lowest BCUT2D eigenvalue weighted by Crippen LogP contribution is -2.51. The fourth-order valence-electron chi connectivity index (χ4n) is 8.99. The summed E-state index contributed by atoms with van der Waals surface area (Å²) in [7, 11) is 0. The number of rotatable bonds is 4. The van der Waals surface area contributed by atoms with Gasteiger partial charge in [0.15, 0.2) is 0 Å². The molecule has 4 aliphatic carbocycles. The first kappa shape index (κ1) is 20.6. The molecule has 0 aromatic heterocycles. The Labute approximate surface area is 178 Å². The maximum atomic E-state index is 10.2. The predicted molar refractivity (Wildman–Crippen MR) is 119 cm³/mol. The molecule has 1 N–H and O–H groups in total. The van der Waals surface area contributed by atoms with Crippen LogP contribution in [0.25, 0.3) is 0 Å². The van der Waals surface area contributed by atoms with Crippen molar-refractivity contribution in [3.63, 3.8) is 0 Å². The summed E-state index contributed by atoms with van der Waals surface area (Å²) >= 11 is 0. The number of hydrogen-bond donors (Lipinski definition) is 1. The molecule has 2 nitrogen and oxygen atoms in total. The van der Waals surface area contributed by atoms with Crippen LogP contribution in [0.5, 0.6) is 0 Å². The van der Waals surface area contributed by atoms with Gasteiger partial charge in [0.05, 0.1) is 17.8 Å². The highest BCUT2D eigenvalue weighted by molar-refractivity contribution is 5.26. The second-order valence-corrected chi connectivity index (χ2v) is 12.6. The maximum absolute atomic E-state index is 10.2. The van der Waals surface area contributed by atoms with Crippen molar-refractivity contribution in [1.82, 2.24) is 0 Å². The quantitative estimate of drug-likeness (QED) is 0.430. The Morgan fingerprint density at radius 3 is 2.62 bits per heavy atom. The van der Waals surface area contributed by atoms with Gasteiger partial charge in [0.2, 0.25) is 0 Å². The Morgan fingerprint density at radius 2 is 1.86 bits per heavy atom. The van der Waals surface area contributed by atoms with Gasteiger partial charge in [0.25, 0.3) is 0 Å². The molecule has 0 radical (unpaired) electrons. The van der Waals surface area contributed by atoms with Gasteiger partial charge in [-0.1, -0.05) is 39.3 Å². The topological polar surface area (TPSA) is 32.8 Å². The van der Waals surface area contributed by atoms with Gasteiger partial charge >= 0.3 is 0 Å². The molecule has 0 aromatic carbocycles. The number of aliphatic hydroxyl groups excluding tert-OH is 1. The van der Waals surface area contributed by atoms with Crippen LogP contribution in [0.3, 0.4) is 0 Å². The smallest absolute Gasteiger partial charge is 0.0953 e. The molecule has 5 rings (SSSR count). The second-order valence-electron chi connectivity index (χ2n) is 12.6. The van der Waals surface area contributed by atoms with Crippen LogP contribution in [0, 0.1) is 40.4 Å². The van der Waals surface area contributed by atoms with E-state index < -0.39 is 0 Å². The summed E-state index contributed by atoms with van der Waals surface area (Å²) in [6.45, 7) is 12.3. The van der Waals surface area contributed by atoms with E-state index in [0.29, 0.717) is 16.9 Å². The molecule has 5 aliphatic rings. The Balaban J connectivity index is 1.35. The van der Waals surface area contributed by atoms with Crippen LogP contribution in [0.4, 0.5) is 0 Å². The molecule has 0 bridgehead atoms. The monoisotopic (exact) mass is 400 g/mol. The summed E-state index contributed by atoms with van der Waals surface area (Å²) in [6.07, 6.45) is 15.5. The van der Waals surface area contributed by atoms with Crippen molar-refractivity contribution in [2.45, 2.75) is 117 Å². The lowest BCUT2D eigenvalue weighted by atomic mass is 9.47. The molecule has 3 saturated carbocycles. The normalized spacial score (nSPS) is 53.8. The number of fused-ring (bicyclic) bond motifs is 5. The maximum Gasteiger partial charge on any atom is 0.0953 e. The van der Waals surface area contributed by atoms with Crippen molar-refractivity contribution < 1.29 is 9.84 Å². The zero-order valence-electron chi connectivity index (χ0n) is 19.5. The van der Waals surface area contributed by atoms with Crippen molar-refractivity contribution in [2.75, 3.05) is 0 Å². The molecule has 2 heteroatoms. The van der Waals surface area contributed by atoms with E-state index in [1.165, 1.54) is 51.4 Å². The third-order valence-electron chi connectivity index (χ3n) is 10.8. The summed E-state index contributed by atoms with van der Waals surface area (Å²) in [5.41, 5.74) is 2.58. The molecule has 4 fully saturated rings. The molecular weight excluding hydrogens is 356 g/mol. The first-order valence-electron chi connectivity index (χ1n) is 12.7. The van der Waals surface area contributed by atoms with Crippen molar-refractivity contribution >= 4 is 0 Å². The van der Waals surface area contributed by atoms with Crippen molar-refractivity contribution in [3.8, 4) is 0 Å². The van der Waals surface area contributed by atoms with E-state index in [-0.39, 0.29) is 11.7 Å². The fraction of sp³-hybridized carbons (Fsp3) is 0.926. The van der Waals surface area contributed by atoms with Crippen LogP contribution in [0.1, 0.15) is 98.8 Å². The lowest BCUT2D eigenvalue weighted by molar-refractivity contribution is -0.0596. The van der Waals surface area contributed by atoms with Crippen LogP contribution < -0.4 is 0 Å². The van der Waals surface area contributed by atoms with Gasteiger partial charge in [-0.15, -0.1) is 0 Å². The largest absolute Gasteiger partial charge is 0.393 e. The number of hydrogen-bond acceptors (Lipinski definition) is 2. The zero-order chi connectivity index (χ0) is 20.6. The third kappa shape index (κ3) is 3.02. The van der Waals surface area contributed by atoms with E-state index in [1.54, 1.807) is 5.57 Å². The summed E-state index contributed by atoms with van der Waals surface area (Å²) < 4.78 is 6.47. The van der Waals surface area contributed by atoms with Crippen LogP contribution in [-0.2, 0) is 4.74 Å². The van der Waals surface area contributed by atoms with Gasteiger partial charge in [-0.25, -0.2) is 0 Å². The first-order chi connectivity index (χ1) is 13.7. The number of allylic oxidation sites excluding steroid dienone is 1. The SMILES string of the molecule is CC(C)CCC1O[C@]1(C)C1CC[C@H]2[C@@H]3CC=C4C[C@@H](O)CC[C@]4(C)[C@H]3CC[C@]12C. The van der Waals surface area contributed by atoms with Crippen LogP contribution >= 0.6 is 0 Å². The number of aliphatic hydroxyl groups is 1. The molecule has 1 heterocycles. The molecule has 0 aromatic rings. The van der Waals surface area contributed by atoms with Gasteiger partial charge < -0.3 is 9.84 Å². The molecule has 0 amide bonds. The predicted octanol–water partition coefficient (Wildman–Crippen LogP) is 6.52. The van der Waals surface area contributed by atoms with Crippen LogP contribution in [0.2, 0.25) is 0 Å². The molecule has 0 spiro atoms. The van der Waals surface area contributed by atoms with Crippen LogP contribution in [0.15, 0.2) is 11.6 Å². The second kappa shape index (κ2) is 6.83.